The predicted molar refractivity (Wildman–Crippen MR) is 65.0 cm³/mol. The van der Waals surface area contributed by atoms with Crippen LogP contribution in [0.4, 0.5) is 0 Å². The Bertz CT molecular complexity index is 591. The highest BCUT2D eigenvalue weighted by Crippen LogP contribution is 2.11. The Kier molecular flexibility index (Phi) is 3.27. The Labute approximate surface area is 103 Å². The van der Waals surface area contributed by atoms with Crippen LogP contribution in [0, 0.1) is 0 Å². The molecule has 1 amide bonds. The van der Waals surface area contributed by atoms with Gasteiger partial charge in [-0.25, -0.2) is 4.98 Å². The number of amides is 1. The zero-order valence-corrected chi connectivity index (χ0v) is 9.83. The molecule has 0 saturated heterocycles. The molecule has 0 radical (unpaired) electrons. The minimum atomic E-state index is -1.06. The number of aromatic nitrogens is 2. The summed E-state index contributed by atoms with van der Waals surface area (Å²) in [7, 11) is 0. The number of carbonyl (C=O) groups is 2. The lowest BCUT2D eigenvalue weighted by molar-refractivity contribution is -0.141. The fourth-order valence-corrected chi connectivity index (χ4v) is 1.64. The van der Waals surface area contributed by atoms with Crippen molar-refractivity contribution >= 4 is 22.9 Å². The highest BCUT2D eigenvalue weighted by Gasteiger charge is 2.14. The summed E-state index contributed by atoms with van der Waals surface area (Å²) in [6.45, 7) is 1.48. The lowest BCUT2D eigenvalue weighted by Crippen LogP contribution is -2.39. The van der Waals surface area contributed by atoms with Crippen molar-refractivity contribution in [1.29, 1.82) is 0 Å². The molecule has 0 bridgehead atoms. The summed E-state index contributed by atoms with van der Waals surface area (Å²) in [6, 6.07) is 6.54. The quantitative estimate of drug-likeness (QED) is 0.829. The molecule has 0 unspecified atom stereocenters. The topological polar surface area (TPSA) is 84.2 Å². The van der Waals surface area contributed by atoms with Gasteiger partial charge in [0, 0.05) is 0 Å². The van der Waals surface area contributed by atoms with E-state index < -0.39 is 12.0 Å². The average molecular weight is 247 g/mol. The molecule has 0 aliphatic rings. The largest absolute Gasteiger partial charge is 0.480 e. The molecule has 2 aromatic rings. The van der Waals surface area contributed by atoms with Gasteiger partial charge in [-0.3, -0.25) is 9.59 Å². The second-order valence-corrected chi connectivity index (χ2v) is 3.99. The van der Waals surface area contributed by atoms with Crippen LogP contribution in [-0.2, 0) is 16.1 Å². The van der Waals surface area contributed by atoms with Gasteiger partial charge in [-0.15, -0.1) is 0 Å². The number of imidazole rings is 1. The number of rotatable bonds is 4. The van der Waals surface area contributed by atoms with Gasteiger partial charge in [-0.05, 0) is 19.1 Å². The summed E-state index contributed by atoms with van der Waals surface area (Å²) < 4.78 is 1.68. The van der Waals surface area contributed by atoms with Crippen LogP contribution in [0.5, 0.6) is 0 Å². The molecule has 2 rings (SSSR count). The summed E-state index contributed by atoms with van der Waals surface area (Å²) in [5, 5.41) is 11.1. The van der Waals surface area contributed by atoms with Gasteiger partial charge in [0.25, 0.3) is 0 Å². The van der Waals surface area contributed by atoms with Crippen LogP contribution in [0.15, 0.2) is 30.6 Å². The minimum absolute atomic E-state index is 0.0537. The third kappa shape index (κ3) is 2.48. The van der Waals surface area contributed by atoms with Gasteiger partial charge in [-0.2, -0.15) is 0 Å². The molecule has 6 nitrogen and oxygen atoms in total. The molecule has 1 aromatic carbocycles. The molecule has 2 N–H and O–H groups in total. The normalized spacial score (nSPS) is 12.3. The summed E-state index contributed by atoms with van der Waals surface area (Å²) in [6.07, 6.45) is 1.57. The fraction of sp³-hybridized carbons (Fsp3) is 0.250. The molecule has 1 aromatic heterocycles. The lowest BCUT2D eigenvalue weighted by Gasteiger charge is -2.09. The molecular formula is C12H13N3O3. The van der Waals surface area contributed by atoms with Gasteiger partial charge in [-0.1, -0.05) is 12.1 Å². The molecule has 0 saturated carbocycles. The van der Waals surface area contributed by atoms with Crippen molar-refractivity contribution in [3.05, 3.63) is 30.6 Å². The molecule has 0 spiro atoms. The van der Waals surface area contributed by atoms with E-state index in [9.17, 15) is 9.59 Å². The first-order chi connectivity index (χ1) is 8.58. The fourth-order valence-electron chi connectivity index (χ4n) is 1.64. The maximum Gasteiger partial charge on any atom is 0.325 e. The second-order valence-electron chi connectivity index (χ2n) is 3.99. The van der Waals surface area contributed by atoms with Crippen LogP contribution < -0.4 is 5.32 Å². The lowest BCUT2D eigenvalue weighted by atomic mass is 10.3. The molecule has 0 aliphatic heterocycles. The Hall–Kier alpha value is -2.37. The Morgan fingerprint density at radius 1 is 1.44 bits per heavy atom. The van der Waals surface area contributed by atoms with Crippen molar-refractivity contribution in [2.45, 2.75) is 19.5 Å². The van der Waals surface area contributed by atoms with Crippen LogP contribution in [-0.4, -0.2) is 32.6 Å². The predicted octanol–water partition coefficient (Wildman–Crippen LogP) is 0.626. The van der Waals surface area contributed by atoms with Crippen molar-refractivity contribution < 1.29 is 14.7 Å². The third-order valence-corrected chi connectivity index (χ3v) is 2.59. The van der Waals surface area contributed by atoms with Gasteiger partial charge >= 0.3 is 5.97 Å². The van der Waals surface area contributed by atoms with E-state index in [1.807, 2.05) is 24.3 Å². The first-order valence-corrected chi connectivity index (χ1v) is 5.50. The summed E-state index contributed by atoms with van der Waals surface area (Å²) >= 11 is 0. The van der Waals surface area contributed by atoms with Crippen LogP contribution in [0.25, 0.3) is 11.0 Å². The number of hydrogen-bond acceptors (Lipinski definition) is 3. The highest BCUT2D eigenvalue weighted by molar-refractivity contribution is 5.84. The average Bonchev–Trinajstić information content (AvgIpc) is 2.72. The maximum atomic E-state index is 11.6. The number of carboxylic acid groups (broad SMARTS) is 1. The zero-order valence-electron chi connectivity index (χ0n) is 9.83. The van der Waals surface area contributed by atoms with Crippen molar-refractivity contribution in [1.82, 2.24) is 14.9 Å². The van der Waals surface area contributed by atoms with Crippen molar-refractivity contribution in [2.75, 3.05) is 0 Å². The molecule has 0 fully saturated rings. The van der Waals surface area contributed by atoms with Crippen LogP contribution in [0.1, 0.15) is 6.92 Å². The number of para-hydroxylation sites is 2. The number of nitrogens with one attached hydrogen (secondary N) is 1. The van der Waals surface area contributed by atoms with E-state index >= 15 is 0 Å². The van der Waals surface area contributed by atoms with Gasteiger partial charge in [0.05, 0.1) is 17.4 Å². The van der Waals surface area contributed by atoms with E-state index in [4.69, 9.17) is 5.11 Å². The standard InChI is InChI=1S/C12H13N3O3/c1-8(12(17)18)14-11(16)6-15-7-13-9-4-2-3-5-10(9)15/h2-5,7-8H,6H2,1H3,(H,14,16)(H,17,18)/t8-/m0/s1. The van der Waals surface area contributed by atoms with E-state index in [0.29, 0.717) is 0 Å². The number of carboxylic acids is 1. The number of hydrogen-bond donors (Lipinski definition) is 2. The second kappa shape index (κ2) is 4.87. The molecular weight excluding hydrogens is 234 g/mol. The number of nitrogens with zero attached hydrogens (tertiary/aromatic N) is 2. The number of fused-ring (bicyclic) bond motifs is 1. The zero-order chi connectivity index (χ0) is 13.1. The van der Waals surface area contributed by atoms with Gasteiger partial charge in [0.15, 0.2) is 0 Å². The third-order valence-electron chi connectivity index (χ3n) is 2.59. The monoisotopic (exact) mass is 247 g/mol. The van der Waals surface area contributed by atoms with E-state index in [0.717, 1.165) is 11.0 Å². The van der Waals surface area contributed by atoms with Gasteiger partial charge in [0.1, 0.15) is 12.6 Å². The molecule has 0 aliphatic carbocycles. The SMILES string of the molecule is C[C@H](NC(=O)Cn1cnc2ccccc21)C(=O)O. The number of benzene rings is 1. The van der Waals surface area contributed by atoms with Gasteiger partial charge < -0.3 is 15.0 Å². The Morgan fingerprint density at radius 2 is 2.17 bits per heavy atom. The Morgan fingerprint density at radius 3 is 2.89 bits per heavy atom. The van der Waals surface area contributed by atoms with E-state index in [2.05, 4.69) is 10.3 Å². The van der Waals surface area contributed by atoms with Crippen molar-refractivity contribution in [2.24, 2.45) is 0 Å². The van der Waals surface area contributed by atoms with E-state index in [1.54, 1.807) is 10.9 Å². The minimum Gasteiger partial charge on any atom is -0.480 e. The first kappa shape index (κ1) is 12.1. The maximum absolute atomic E-state index is 11.6. The van der Waals surface area contributed by atoms with E-state index in [-0.39, 0.29) is 12.5 Å². The highest BCUT2D eigenvalue weighted by atomic mass is 16.4. The van der Waals surface area contributed by atoms with Crippen LogP contribution >= 0.6 is 0 Å². The molecule has 94 valence electrons. The van der Waals surface area contributed by atoms with Gasteiger partial charge in [0.2, 0.25) is 5.91 Å². The molecule has 1 atom stereocenters. The van der Waals surface area contributed by atoms with Crippen LogP contribution in [0.3, 0.4) is 0 Å². The van der Waals surface area contributed by atoms with Crippen molar-refractivity contribution in [3.8, 4) is 0 Å². The molecule has 1 heterocycles. The van der Waals surface area contributed by atoms with E-state index in [1.165, 1.54) is 6.92 Å². The number of carbonyl (C=O) groups excluding carboxylic acids is 1. The summed E-state index contributed by atoms with van der Waals surface area (Å²) in [5.74, 6) is -1.41. The number of aliphatic carboxylic acids is 1. The summed E-state index contributed by atoms with van der Waals surface area (Å²) in [5.41, 5.74) is 1.65. The summed E-state index contributed by atoms with van der Waals surface area (Å²) in [4.78, 5) is 26.4. The first-order valence-electron chi connectivity index (χ1n) is 5.50. The molecule has 18 heavy (non-hydrogen) atoms. The van der Waals surface area contributed by atoms with Crippen molar-refractivity contribution in [3.63, 3.8) is 0 Å². The molecule has 6 heteroatoms. The van der Waals surface area contributed by atoms with Crippen LogP contribution in [0.2, 0.25) is 0 Å². The Balaban J connectivity index is 2.10. The smallest absolute Gasteiger partial charge is 0.325 e.